The van der Waals surface area contributed by atoms with Crippen LogP contribution >= 0.6 is 12.2 Å². The summed E-state index contributed by atoms with van der Waals surface area (Å²) in [6.45, 7) is 2.12. The van der Waals surface area contributed by atoms with Crippen molar-refractivity contribution in [2.45, 2.75) is 13.5 Å². The van der Waals surface area contributed by atoms with Gasteiger partial charge in [-0.1, -0.05) is 18.2 Å². The maximum atomic E-state index is 13.6. The SMILES string of the molecule is CCOc1cc(/C=C2/C(=O)N(c3ccc(OC)cc3)C(=S)N2CC(=O)OC)ccc1OCc1cccc(F)c1. The van der Waals surface area contributed by atoms with E-state index >= 15 is 0 Å². The molecule has 0 aliphatic carbocycles. The fraction of sp³-hybridized carbons (Fsp3) is 0.207. The molecule has 1 aliphatic heterocycles. The van der Waals surface area contributed by atoms with Gasteiger partial charge in [0.2, 0.25) is 0 Å². The molecular formula is C29H27FN2O6S. The highest BCUT2D eigenvalue weighted by Crippen LogP contribution is 2.33. The molecule has 1 heterocycles. The standard InChI is InChI=1S/C29H27FN2O6S/c1-4-37-26-16-19(8-13-25(26)38-18-20-6-5-7-21(30)14-20)15-24-28(34)32(22-9-11-23(35-2)12-10-22)29(39)31(24)17-27(33)36-3/h5-16H,4,17-18H2,1-3H3/b24-15-. The van der Waals surface area contributed by atoms with E-state index in [0.717, 1.165) is 0 Å². The van der Waals surface area contributed by atoms with Crippen LogP contribution in [-0.2, 0) is 20.9 Å². The predicted molar refractivity (Wildman–Crippen MR) is 148 cm³/mol. The number of thiocarbonyl (C=S) groups is 1. The number of halogens is 1. The smallest absolute Gasteiger partial charge is 0.325 e. The monoisotopic (exact) mass is 550 g/mol. The van der Waals surface area contributed by atoms with E-state index in [-0.39, 0.29) is 29.8 Å². The van der Waals surface area contributed by atoms with E-state index in [1.54, 1.807) is 67.8 Å². The van der Waals surface area contributed by atoms with Crippen LogP contribution in [0, 0.1) is 5.82 Å². The molecule has 0 saturated carbocycles. The van der Waals surface area contributed by atoms with Crippen molar-refractivity contribution in [1.29, 1.82) is 0 Å². The molecular weight excluding hydrogens is 523 g/mol. The zero-order chi connectivity index (χ0) is 27.9. The average molecular weight is 551 g/mol. The second kappa shape index (κ2) is 12.4. The molecule has 0 unspecified atom stereocenters. The van der Waals surface area contributed by atoms with Crippen LogP contribution in [0.2, 0.25) is 0 Å². The number of hydrogen-bond acceptors (Lipinski definition) is 7. The molecule has 0 spiro atoms. The van der Waals surface area contributed by atoms with Gasteiger partial charge in [-0.3, -0.25) is 14.5 Å². The Bertz CT molecular complexity index is 1410. The summed E-state index contributed by atoms with van der Waals surface area (Å²) in [6.07, 6.45) is 1.62. The Kier molecular flexibility index (Phi) is 8.77. The van der Waals surface area contributed by atoms with Crippen LogP contribution in [0.5, 0.6) is 17.2 Å². The number of amides is 1. The van der Waals surface area contributed by atoms with E-state index in [4.69, 9.17) is 31.2 Å². The largest absolute Gasteiger partial charge is 0.497 e. The van der Waals surface area contributed by atoms with Crippen LogP contribution in [0.3, 0.4) is 0 Å². The zero-order valence-corrected chi connectivity index (χ0v) is 22.5. The lowest BCUT2D eigenvalue weighted by atomic mass is 10.1. The van der Waals surface area contributed by atoms with Crippen molar-refractivity contribution >= 4 is 41.0 Å². The minimum atomic E-state index is -0.552. The normalized spacial score (nSPS) is 14.1. The Morgan fingerprint density at radius 3 is 2.44 bits per heavy atom. The summed E-state index contributed by atoms with van der Waals surface area (Å²) >= 11 is 5.60. The third-order valence-electron chi connectivity index (χ3n) is 5.84. The van der Waals surface area contributed by atoms with Gasteiger partial charge in [-0.25, -0.2) is 4.39 Å². The van der Waals surface area contributed by atoms with Crippen molar-refractivity contribution < 1.29 is 32.9 Å². The first-order valence-electron chi connectivity index (χ1n) is 12.1. The molecule has 10 heteroatoms. The summed E-state index contributed by atoms with van der Waals surface area (Å²) in [5, 5.41) is 0.141. The van der Waals surface area contributed by atoms with Crippen molar-refractivity contribution in [3.05, 3.63) is 89.4 Å². The maximum absolute atomic E-state index is 13.6. The predicted octanol–water partition coefficient (Wildman–Crippen LogP) is 4.96. The molecule has 1 fully saturated rings. The molecule has 0 atom stereocenters. The van der Waals surface area contributed by atoms with Gasteiger partial charge in [-0.05, 0) is 84.9 Å². The maximum Gasteiger partial charge on any atom is 0.325 e. The Morgan fingerprint density at radius 1 is 1.00 bits per heavy atom. The molecule has 0 aromatic heterocycles. The minimum Gasteiger partial charge on any atom is -0.497 e. The van der Waals surface area contributed by atoms with E-state index in [1.165, 1.54) is 29.0 Å². The van der Waals surface area contributed by atoms with E-state index in [0.29, 0.717) is 40.7 Å². The molecule has 0 radical (unpaired) electrons. The lowest BCUT2D eigenvalue weighted by Gasteiger charge is -2.19. The van der Waals surface area contributed by atoms with Crippen molar-refractivity contribution in [1.82, 2.24) is 4.90 Å². The second-order valence-corrected chi connectivity index (χ2v) is 8.74. The van der Waals surface area contributed by atoms with Crippen LogP contribution < -0.4 is 19.1 Å². The molecule has 1 aliphatic rings. The Hall–Kier alpha value is -4.44. The molecule has 3 aromatic carbocycles. The van der Waals surface area contributed by atoms with E-state index in [9.17, 15) is 14.0 Å². The number of carbonyl (C=O) groups excluding carboxylic acids is 2. The number of hydrogen-bond donors (Lipinski definition) is 0. The number of benzene rings is 3. The average Bonchev–Trinajstić information content (AvgIpc) is 3.16. The van der Waals surface area contributed by atoms with E-state index < -0.39 is 11.9 Å². The number of rotatable bonds is 10. The number of esters is 1. The van der Waals surface area contributed by atoms with Gasteiger partial charge in [0.25, 0.3) is 5.91 Å². The van der Waals surface area contributed by atoms with Crippen molar-refractivity contribution in [3.63, 3.8) is 0 Å². The van der Waals surface area contributed by atoms with E-state index in [1.807, 2.05) is 6.92 Å². The third-order valence-corrected chi connectivity index (χ3v) is 6.24. The van der Waals surface area contributed by atoms with Crippen LogP contribution in [0.25, 0.3) is 6.08 Å². The van der Waals surface area contributed by atoms with Gasteiger partial charge in [0.05, 0.1) is 26.5 Å². The van der Waals surface area contributed by atoms with Crippen LogP contribution in [0.1, 0.15) is 18.1 Å². The molecule has 3 aromatic rings. The highest BCUT2D eigenvalue weighted by atomic mass is 32.1. The van der Waals surface area contributed by atoms with Gasteiger partial charge < -0.3 is 23.8 Å². The Balaban J connectivity index is 1.66. The van der Waals surface area contributed by atoms with E-state index in [2.05, 4.69) is 0 Å². The number of methoxy groups -OCH3 is 2. The highest BCUT2D eigenvalue weighted by molar-refractivity contribution is 7.80. The van der Waals surface area contributed by atoms with Gasteiger partial charge >= 0.3 is 5.97 Å². The fourth-order valence-corrected chi connectivity index (χ4v) is 4.28. The van der Waals surface area contributed by atoms with Crippen LogP contribution in [-0.4, -0.2) is 49.3 Å². The topological polar surface area (TPSA) is 77.5 Å². The van der Waals surface area contributed by atoms with Crippen LogP contribution in [0.4, 0.5) is 10.1 Å². The van der Waals surface area contributed by atoms with Gasteiger partial charge in [-0.15, -0.1) is 0 Å². The Labute approximate surface area is 231 Å². The van der Waals surface area contributed by atoms with Gasteiger partial charge in [0.15, 0.2) is 16.6 Å². The molecule has 0 bridgehead atoms. The highest BCUT2D eigenvalue weighted by Gasteiger charge is 2.40. The Morgan fingerprint density at radius 2 is 1.77 bits per heavy atom. The molecule has 0 N–H and O–H groups in total. The van der Waals surface area contributed by atoms with Gasteiger partial charge in [0, 0.05) is 0 Å². The first-order valence-corrected chi connectivity index (χ1v) is 12.5. The third kappa shape index (κ3) is 6.35. The first kappa shape index (κ1) is 27.6. The number of nitrogens with zero attached hydrogens (tertiary/aromatic N) is 2. The second-order valence-electron chi connectivity index (χ2n) is 8.37. The fourth-order valence-electron chi connectivity index (χ4n) is 3.93. The molecule has 1 amide bonds. The summed E-state index contributed by atoms with van der Waals surface area (Å²) in [5.74, 6) is 0.233. The summed E-state index contributed by atoms with van der Waals surface area (Å²) in [4.78, 5) is 28.5. The summed E-state index contributed by atoms with van der Waals surface area (Å²) in [5.41, 5.74) is 2.01. The first-order chi connectivity index (χ1) is 18.8. The molecule has 39 heavy (non-hydrogen) atoms. The molecule has 202 valence electrons. The summed E-state index contributed by atoms with van der Waals surface area (Å²) in [6, 6.07) is 18.2. The zero-order valence-electron chi connectivity index (χ0n) is 21.7. The minimum absolute atomic E-state index is 0.141. The van der Waals surface area contributed by atoms with Crippen LogP contribution in [0.15, 0.2) is 72.4 Å². The number of carbonyl (C=O) groups is 2. The van der Waals surface area contributed by atoms with Gasteiger partial charge in [-0.2, -0.15) is 0 Å². The number of anilines is 1. The van der Waals surface area contributed by atoms with Crippen molar-refractivity contribution in [2.24, 2.45) is 0 Å². The van der Waals surface area contributed by atoms with Crippen molar-refractivity contribution in [3.8, 4) is 17.2 Å². The molecule has 8 nitrogen and oxygen atoms in total. The summed E-state index contributed by atoms with van der Waals surface area (Å²) in [7, 11) is 2.82. The lowest BCUT2D eigenvalue weighted by molar-refractivity contribution is -0.140. The molecule has 1 saturated heterocycles. The summed E-state index contributed by atoms with van der Waals surface area (Å²) < 4.78 is 35.2. The molecule has 4 rings (SSSR count). The van der Waals surface area contributed by atoms with Gasteiger partial charge in [0.1, 0.15) is 30.4 Å². The lowest BCUT2D eigenvalue weighted by Crippen LogP contribution is -2.35. The van der Waals surface area contributed by atoms with Crippen molar-refractivity contribution in [2.75, 3.05) is 32.3 Å². The number of ether oxygens (including phenoxy) is 4. The quantitative estimate of drug-likeness (QED) is 0.199.